The van der Waals surface area contributed by atoms with Gasteiger partial charge in [-0.05, 0) is 30.9 Å². The molecule has 0 saturated heterocycles. The fourth-order valence-electron chi connectivity index (χ4n) is 1.84. The predicted molar refractivity (Wildman–Crippen MR) is 62.7 cm³/mol. The second-order valence-corrected chi connectivity index (χ2v) is 4.39. The van der Waals surface area contributed by atoms with Gasteiger partial charge >= 0.3 is 0 Å². The van der Waals surface area contributed by atoms with Crippen molar-refractivity contribution >= 4 is 10.9 Å². The van der Waals surface area contributed by atoms with Crippen molar-refractivity contribution in [2.75, 3.05) is 6.61 Å². The van der Waals surface area contributed by atoms with Gasteiger partial charge in [0.25, 0.3) is 0 Å². The van der Waals surface area contributed by atoms with Gasteiger partial charge in [0.2, 0.25) is 0 Å². The van der Waals surface area contributed by atoms with E-state index in [4.69, 9.17) is 4.74 Å². The molecule has 0 radical (unpaired) electrons. The van der Waals surface area contributed by atoms with E-state index >= 15 is 0 Å². The van der Waals surface area contributed by atoms with Crippen LogP contribution in [0.2, 0.25) is 0 Å². The van der Waals surface area contributed by atoms with Crippen molar-refractivity contribution in [3.63, 3.8) is 0 Å². The topological polar surface area (TPSA) is 42.1 Å². The van der Waals surface area contributed by atoms with E-state index in [1.807, 2.05) is 0 Å². The highest BCUT2D eigenvalue weighted by atomic mass is 19.1. The molecule has 0 spiro atoms. The SMILES string of the molecule is O=c1cc[nH]c2c(OCC3CC3)ccc(F)c12. The highest BCUT2D eigenvalue weighted by Crippen LogP contribution is 2.31. The maximum Gasteiger partial charge on any atom is 0.192 e. The quantitative estimate of drug-likeness (QED) is 0.884. The van der Waals surface area contributed by atoms with Gasteiger partial charge in [0, 0.05) is 12.3 Å². The molecule has 1 heterocycles. The highest BCUT2D eigenvalue weighted by Gasteiger charge is 2.22. The number of benzene rings is 1. The minimum atomic E-state index is -0.513. The molecular formula is C13H12FNO2. The van der Waals surface area contributed by atoms with Crippen LogP contribution in [0.3, 0.4) is 0 Å². The van der Waals surface area contributed by atoms with Crippen molar-refractivity contribution in [3.8, 4) is 5.75 Å². The van der Waals surface area contributed by atoms with Crippen molar-refractivity contribution in [1.82, 2.24) is 4.98 Å². The second-order valence-electron chi connectivity index (χ2n) is 4.39. The number of aromatic nitrogens is 1. The zero-order valence-corrected chi connectivity index (χ0v) is 9.20. The summed E-state index contributed by atoms with van der Waals surface area (Å²) in [5.41, 5.74) is 0.117. The van der Waals surface area contributed by atoms with Crippen molar-refractivity contribution in [3.05, 3.63) is 40.4 Å². The number of hydrogen-bond donors (Lipinski definition) is 1. The number of H-pyrrole nitrogens is 1. The van der Waals surface area contributed by atoms with Gasteiger partial charge in [-0.25, -0.2) is 4.39 Å². The summed E-state index contributed by atoms with van der Waals surface area (Å²) in [6.45, 7) is 0.637. The van der Waals surface area contributed by atoms with E-state index in [1.54, 1.807) is 6.07 Å². The van der Waals surface area contributed by atoms with Gasteiger partial charge in [-0.2, -0.15) is 0 Å². The largest absolute Gasteiger partial charge is 0.491 e. The molecule has 1 aliphatic rings. The van der Waals surface area contributed by atoms with Gasteiger partial charge in [0.05, 0.1) is 17.5 Å². The Morgan fingerprint density at radius 2 is 2.18 bits per heavy atom. The molecule has 0 atom stereocenters. The van der Waals surface area contributed by atoms with Crippen LogP contribution >= 0.6 is 0 Å². The highest BCUT2D eigenvalue weighted by molar-refractivity contribution is 5.84. The molecule has 1 saturated carbocycles. The maximum atomic E-state index is 13.6. The first-order chi connectivity index (χ1) is 8.25. The van der Waals surface area contributed by atoms with Gasteiger partial charge in [-0.3, -0.25) is 4.79 Å². The maximum absolute atomic E-state index is 13.6. The summed E-state index contributed by atoms with van der Waals surface area (Å²) in [4.78, 5) is 14.5. The third-order valence-electron chi connectivity index (χ3n) is 3.00. The molecule has 1 aliphatic carbocycles. The lowest BCUT2D eigenvalue weighted by Crippen LogP contribution is -2.06. The van der Waals surface area contributed by atoms with Crippen LogP contribution in [0.1, 0.15) is 12.8 Å². The molecule has 0 amide bonds. The van der Waals surface area contributed by atoms with E-state index in [0.29, 0.717) is 23.8 Å². The van der Waals surface area contributed by atoms with Gasteiger partial charge in [0.1, 0.15) is 11.6 Å². The Bertz CT molecular complexity index is 616. The molecule has 88 valence electrons. The summed E-state index contributed by atoms with van der Waals surface area (Å²) in [5, 5.41) is 0.0702. The van der Waals surface area contributed by atoms with Crippen molar-refractivity contribution in [2.45, 2.75) is 12.8 Å². The van der Waals surface area contributed by atoms with Crippen LogP contribution in [-0.4, -0.2) is 11.6 Å². The Kier molecular flexibility index (Phi) is 2.35. The molecule has 3 rings (SSSR count). The lowest BCUT2D eigenvalue weighted by atomic mass is 10.2. The summed E-state index contributed by atoms with van der Waals surface area (Å²) >= 11 is 0. The van der Waals surface area contributed by atoms with Crippen LogP contribution in [-0.2, 0) is 0 Å². The number of halogens is 1. The third-order valence-corrected chi connectivity index (χ3v) is 3.00. The molecule has 0 aliphatic heterocycles. The van der Waals surface area contributed by atoms with E-state index in [9.17, 15) is 9.18 Å². The number of ether oxygens (including phenoxy) is 1. The summed E-state index contributed by atoms with van der Waals surface area (Å²) in [5.74, 6) is 0.650. The Balaban J connectivity index is 2.08. The zero-order valence-electron chi connectivity index (χ0n) is 9.20. The van der Waals surface area contributed by atoms with E-state index in [-0.39, 0.29) is 10.8 Å². The van der Waals surface area contributed by atoms with Gasteiger partial charge in [0.15, 0.2) is 5.43 Å². The van der Waals surface area contributed by atoms with Crippen LogP contribution in [0.25, 0.3) is 10.9 Å². The molecule has 1 aromatic carbocycles. The molecule has 3 nitrogen and oxygen atoms in total. The molecule has 2 aromatic rings. The normalized spacial score (nSPS) is 15.1. The van der Waals surface area contributed by atoms with Crippen molar-refractivity contribution < 1.29 is 9.13 Å². The lowest BCUT2D eigenvalue weighted by molar-refractivity contribution is 0.302. The molecule has 4 heteroatoms. The first kappa shape index (κ1) is 10.3. The van der Waals surface area contributed by atoms with Crippen molar-refractivity contribution in [1.29, 1.82) is 0 Å². The van der Waals surface area contributed by atoms with Gasteiger partial charge in [-0.1, -0.05) is 0 Å². The van der Waals surface area contributed by atoms with E-state index in [0.717, 1.165) is 0 Å². The van der Waals surface area contributed by atoms with Crippen LogP contribution in [0, 0.1) is 11.7 Å². The Labute approximate surface area is 97.2 Å². The average Bonchev–Trinajstić information content (AvgIpc) is 3.12. The smallest absolute Gasteiger partial charge is 0.192 e. The zero-order chi connectivity index (χ0) is 11.8. The average molecular weight is 233 g/mol. The van der Waals surface area contributed by atoms with Gasteiger partial charge < -0.3 is 9.72 Å². The van der Waals surface area contributed by atoms with E-state index in [2.05, 4.69) is 4.98 Å². The number of nitrogens with one attached hydrogen (secondary N) is 1. The minimum Gasteiger partial charge on any atom is -0.491 e. The van der Waals surface area contributed by atoms with Gasteiger partial charge in [-0.15, -0.1) is 0 Å². The van der Waals surface area contributed by atoms with E-state index < -0.39 is 5.82 Å². The fraction of sp³-hybridized carbons (Fsp3) is 0.308. The number of rotatable bonds is 3. The standard InChI is InChI=1S/C13H12FNO2/c14-9-3-4-11(17-7-8-1-2-8)13-12(9)10(16)5-6-15-13/h3-6,8H,1-2,7H2,(H,15,16). The second kappa shape index (κ2) is 3.87. The summed E-state index contributed by atoms with van der Waals surface area (Å²) in [6.07, 6.45) is 3.89. The van der Waals surface area contributed by atoms with Crippen LogP contribution in [0.4, 0.5) is 4.39 Å². The molecule has 1 aromatic heterocycles. The first-order valence-corrected chi connectivity index (χ1v) is 5.68. The monoisotopic (exact) mass is 233 g/mol. The molecule has 1 N–H and O–H groups in total. The Morgan fingerprint density at radius 1 is 1.35 bits per heavy atom. The Morgan fingerprint density at radius 3 is 2.94 bits per heavy atom. The molecule has 0 bridgehead atoms. The molecule has 0 unspecified atom stereocenters. The van der Waals surface area contributed by atoms with Crippen LogP contribution in [0.15, 0.2) is 29.2 Å². The molecular weight excluding hydrogens is 221 g/mol. The summed E-state index contributed by atoms with van der Waals surface area (Å²) in [7, 11) is 0. The van der Waals surface area contributed by atoms with Crippen LogP contribution in [0.5, 0.6) is 5.75 Å². The number of aromatic amines is 1. The first-order valence-electron chi connectivity index (χ1n) is 5.68. The lowest BCUT2D eigenvalue weighted by Gasteiger charge is -2.08. The minimum absolute atomic E-state index is 0.0702. The molecule has 1 fully saturated rings. The summed E-state index contributed by atoms with van der Waals surface area (Å²) < 4.78 is 19.2. The third kappa shape index (κ3) is 1.90. The summed E-state index contributed by atoms with van der Waals surface area (Å²) in [6, 6.07) is 4.16. The predicted octanol–water partition coefficient (Wildman–Crippen LogP) is 2.46. The fourth-order valence-corrected chi connectivity index (χ4v) is 1.84. The van der Waals surface area contributed by atoms with Crippen molar-refractivity contribution in [2.24, 2.45) is 5.92 Å². The Hall–Kier alpha value is -1.84. The molecule has 17 heavy (non-hydrogen) atoms. The number of hydrogen-bond acceptors (Lipinski definition) is 2. The number of pyridine rings is 1. The van der Waals surface area contributed by atoms with Crippen LogP contribution < -0.4 is 10.2 Å². The number of fused-ring (bicyclic) bond motifs is 1. The van der Waals surface area contributed by atoms with E-state index in [1.165, 1.54) is 31.2 Å².